The molecular weight excluding hydrogens is 388 g/mol. The summed E-state index contributed by atoms with van der Waals surface area (Å²) in [6.07, 6.45) is 8.51. The Labute approximate surface area is 173 Å². The molecule has 1 N–H and O–H groups in total. The first kappa shape index (κ1) is 18.0. The van der Waals surface area contributed by atoms with Gasteiger partial charge in [-0.05, 0) is 30.9 Å². The number of amides is 1. The minimum absolute atomic E-state index is 0.0177. The van der Waals surface area contributed by atoms with Gasteiger partial charge in [-0.3, -0.25) is 4.79 Å². The van der Waals surface area contributed by atoms with Gasteiger partial charge < -0.3 is 10.2 Å². The van der Waals surface area contributed by atoms with Crippen LogP contribution in [0.15, 0.2) is 55.1 Å². The van der Waals surface area contributed by atoms with Gasteiger partial charge in [0.1, 0.15) is 0 Å². The van der Waals surface area contributed by atoms with Crippen LogP contribution in [0, 0.1) is 5.92 Å². The number of nitrogens with one attached hydrogen (secondary N) is 1. The zero-order valence-corrected chi connectivity index (χ0v) is 16.3. The summed E-state index contributed by atoms with van der Waals surface area (Å²) in [6, 6.07) is 9.53. The maximum atomic E-state index is 13.5. The highest BCUT2D eigenvalue weighted by molar-refractivity contribution is 6.30. The maximum Gasteiger partial charge on any atom is 0.254 e. The molecule has 1 amide bonds. The van der Waals surface area contributed by atoms with Crippen LogP contribution in [-0.4, -0.2) is 49.4 Å². The van der Waals surface area contributed by atoms with E-state index in [2.05, 4.69) is 25.3 Å². The van der Waals surface area contributed by atoms with E-state index in [1.54, 1.807) is 30.9 Å². The fourth-order valence-electron chi connectivity index (χ4n) is 4.42. The van der Waals surface area contributed by atoms with Crippen molar-refractivity contribution in [2.75, 3.05) is 11.9 Å². The van der Waals surface area contributed by atoms with Crippen molar-refractivity contribution in [3.63, 3.8) is 0 Å². The molecular formula is C21H19ClN6O. The molecule has 0 spiro atoms. The monoisotopic (exact) mass is 406 g/mol. The third-order valence-electron chi connectivity index (χ3n) is 5.64. The molecule has 2 aliphatic rings. The van der Waals surface area contributed by atoms with Gasteiger partial charge in [0.25, 0.3) is 5.91 Å². The number of carbonyl (C=O) groups excluding carboxylic acids is 1. The molecule has 1 saturated carbocycles. The van der Waals surface area contributed by atoms with Crippen molar-refractivity contribution in [1.82, 2.24) is 24.8 Å². The van der Waals surface area contributed by atoms with Gasteiger partial charge in [0.15, 0.2) is 5.82 Å². The molecule has 1 saturated heterocycles. The predicted molar refractivity (Wildman–Crippen MR) is 109 cm³/mol. The van der Waals surface area contributed by atoms with Gasteiger partial charge in [0.2, 0.25) is 5.95 Å². The number of piperidine rings is 1. The van der Waals surface area contributed by atoms with Crippen molar-refractivity contribution in [2.45, 2.75) is 24.9 Å². The second-order valence-electron chi connectivity index (χ2n) is 7.46. The zero-order valence-electron chi connectivity index (χ0n) is 15.6. The van der Waals surface area contributed by atoms with Gasteiger partial charge in [0.05, 0.1) is 29.0 Å². The summed E-state index contributed by atoms with van der Waals surface area (Å²) in [5.41, 5.74) is 1.39. The van der Waals surface area contributed by atoms with E-state index >= 15 is 0 Å². The number of halogens is 1. The number of aromatic nitrogens is 4. The lowest BCUT2D eigenvalue weighted by atomic mass is 10.0. The average Bonchev–Trinajstić information content (AvgIpc) is 3.36. The molecule has 29 heavy (non-hydrogen) atoms. The Morgan fingerprint density at radius 2 is 1.79 bits per heavy atom. The van der Waals surface area contributed by atoms with E-state index in [1.807, 2.05) is 29.2 Å². The van der Waals surface area contributed by atoms with Gasteiger partial charge in [-0.2, -0.15) is 0 Å². The Kier molecular flexibility index (Phi) is 4.60. The molecule has 5 rings (SSSR count). The van der Waals surface area contributed by atoms with Crippen LogP contribution in [0.5, 0.6) is 0 Å². The molecule has 2 bridgehead atoms. The fraction of sp³-hybridized carbons (Fsp3) is 0.286. The van der Waals surface area contributed by atoms with E-state index in [4.69, 9.17) is 11.6 Å². The first-order chi connectivity index (χ1) is 14.2. The summed E-state index contributed by atoms with van der Waals surface area (Å²) in [6.45, 7) is 0.771. The summed E-state index contributed by atoms with van der Waals surface area (Å²) in [4.78, 5) is 32.6. The number of likely N-dealkylation sites (tertiary alicyclic amines) is 1. The summed E-state index contributed by atoms with van der Waals surface area (Å²) in [5.74, 6) is 1.60. The highest BCUT2D eigenvalue weighted by Crippen LogP contribution is 2.40. The average molecular weight is 407 g/mol. The molecule has 3 aromatic rings. The number of nitrogens with zero attached hydrogens (tertiary/aromatic N) is 5. The number of rotatable bonds is 4. The van der Waals surface area contributed by atoms with Crippen LogP contribution in [0.4, 0.5) is 5.95 Å². The molecule has 1 aromatic carbocycles. The van der Waals surface area contributed by atoms with Crippen LogP contribution < -0.4 is 5.32 Å². The Morgan fingerprint density at radius 3 is 2.55 bits per heavy atom. The first-order valence-electron chi connectivity index (χ1n) is 9.60. The third-order valence-corrected chi connectivity index (χ3v) is 5.84. The Morgan fingerprint density at radius 1 is 1.03 bits per heavy atom. The molecule has 3 heterocycles. The number of carbonyl (C=O) groups is 1. The van der Waals surface area contributed by atoms with Crippen molar-refractivity contribution in [3.8, 4) is 11.4 Å². The third kappa shape index (κ3) is 3.42. The molecule has 8 heteroatoms. The second-order valence-corrected chi connectivity index (χ2v) is 7.89. The van der Waals surface area contributed by atoms with E-state index in [9.17, 15) is 4.79 Å². The normalized spacial score (nSPS) is 22.7. The van der Waals surface area contributed by atoms with Gasteiger partial charge in [-0.25, -0.2) is 19.9 Å². The van der Waals surface area contributed by atoms with Gasteiger partial charge >= 0.3 is 0 Å². The van der Waals surface area contributed by atoms with Crippen LogP contribution in [0.3, 0.4) is 0 Å². The number of benzene rings is 1. The molecule has 7 nitrogen and oxygen atoms in total. The number of hydrogen-bond donors (Lipinski definition) is 1. The standard InChI is InChI=1S/C21H19ClN6O/c22-14-10-25-21(26-11-14)27-17-8-13-9-18(17)28(12-13)20(29)16-5-2-1-4-15(16)19-23-6-3-7-24-19/h1-7,10-11,13,17-18H,8-9,12H2,(H,25,26,27). The van der Waals surface area contributed by atoms with Crippen molar-refractivity contribution in [1.29, 1.82) is 0 Å². The number of fused-ring (bicyclic) bond motifs is 2. The Balaban J connectivity index is 1.39. The van der Waals surface area contributed by atoms with E-state index in [0.29, 0.717) is 28.3 Å². The predicted octanol–water partition coefficient (Wildman–Crippen LogP) is 3.30. The maximum absolute atomic E-state index is 13.5. The SMILES string of the molecule is O=C(c1ccccc1-c1ncccn1)N1CC2CC(Nc3ncc(Cl)cn3)C1C2. The second kappa shape index (κ2) is 7.40. The van der Waals surface area contributed by atoms with Crippen LogP contribution >= 0.6 is 11.6 Å². The molecule has 1 aliphatic heterocycles. The van der Waals surface area contributed by atoms with Crippen LogP contribution in [0.1, 0.15) is 23.2 Å². The lowest BCUT2D eigenvalue weighted by molar-refractivity contribution is 0.0692. The minimum Gasteiger partial charge on any atom is -0.349 e. The summed E-state index contributed by atoms with van der Waals surface area (Å²) in [5, 5.41) is 3.88. The molecule has 3 unspecified atom stereocenters. The van der Waals surface area contributed by atoms with Crippen LogP contribution in [0.25, 0.3) is 11.4 Å². The topological polar surface area (TPSA) is 83.9 Å². The molecule has 146 valence electrons. The Bertz CT molecular complexity index is 1030. The van der Waals surface area contributed by atoms with E-state index in [0.717, 1.165) is 24.9 Å². The van der Waals surface area contributed by atoms with Gasteiger partial charge in [-0.1, -0.05) is 29.8 Å². The first-order valence-corrected chi connectivity index (χ1v) is 9.98. The van der Waals surface area contributed by atoms with Crippen LogP contribution in [0.2, 0.25) is 5.02 Å². The number of anilines is 1. The van der Waals surface area contributed by atoms with Gasteiger partial charge in [0, 0.05) is 30.5 Å². The quantitative estimate of drug-likeness (QED) is 0.715. The zero-order chi connectivity index (χ0) is 19.8. The highest BCUT2D eigenvalue weighted by atomic mass is 35.5. The van der Waals surface area contributed by atoms with Crippen LogP contribution in [-0.2, 0) is 0 Å². The van der Waals surface area contributed by atoms with Crippen molar-refractivity contribution < 1.29 is 4.79 Å². The summed E-state index contributed by atoms with van der Waals surface area (Å²) < 4.78 is 0. The van der Waals surface area contributed by atoms with Crippen molar-refractivity contribution in [3.05, 3.63) is 65.7 Å². The summed E-state index contributed by atoms with van der Waals surface area (Å²) in [7, 11) is 0. The minimum atomic E-state index is 0.0177. The molecule has 0 radical (unpaired) electrons. The van der Waals surface area contributed by atoms with Gasteiger partial charge in [-0.15, -0.1) is 0 Å². The highest BCUT2D eigenvalue weighted by Gasteiger charge is 2.47. The lowest BCUT2D eigenvalue weighted by Crippen LogP contribution is -2.48. The van der Waals surface area contributed by atoms with E-state index < -0.39 is 0 Å². The smallest absolute Gasteiger partial charge is 0.254 e. The molecule has 2 fully saturated rings. The Hall–Kier alpha value is -3.06. The lowest BCUT2D eigenvalue weighted by Gasteiger charge is -2.34. The molecule has 1 aliphatic carbocycles. The largest absolute Gasteiger partial charge is 0.349 e. The molecule has 3 atom stereocenters. The van der Waals surface area contributed by atoms with Crippen molar-refractivity contribution >= 4 is 23.5 Å². The molecule has 2 aromatic heterocycles. The van der Waals surface area contributed by atoms with E-state index in [1.165, 1.54) is 0 Å². The number of hydrogen-bond acceptors (Lipinski definition) is 6. The fourth-order valence-corrected chi connectivity index (χ4v) is 4.52. The van der Waals surface area contributed by atoms with Crippen molar-refractivity contribution in [2.24, 2.45) is 5.92 Å². The summed E-state index contributed by atoms with van der Waals surface area (Å²) >= 11 is 5.87. The van der Waals surface area contributed by atoms with E-state index in [-0.39, 0.29) is 18.0 Å².